The number of hydrogen-bond donors (Lipinski definition) is 0. The third-order valence-corrected chi connectivity index (χ3v) is 4.43. The molecule has 0 heterocycles. The molecule has 1 aliphatic rings. The molecular weight excluding hydrogens is 428 g/mol. The van der Waals surface area contributed by atoms with Crippen LogP contribution in [0.25, 0.3) is 0 Å². The van der Waals surface area contributed by atoms with Gasteiger partial charge in [0.25, 0.3) is 0 Å². The Balaban J connectivity index is 2.54. The van der Waals surface area contributed by atoms with E-state index in [4.69, 9.17) is 0 Å². The predicted octanol–water partition coefficient (Wildman–Crippen LogP) is 2.58. The van der Waals surface area contributed by atoms with Gasteiger partial charge in [-0.25, -0.2) is 0 Å². The fourth-order valence-electron chi connectivity index (χ4n) is 1.55. The number of carbonyl (C=O) groups is 2. The highest BCUT2D eigenvalue weighted by Crippen LogP contribution is 2.34. The van der Waals surface area contributed by atoms with Gasteiger partial charge in [-0.05, 0) is 22.6 Å². The van der Waals surface area contributed by atoms with Crippen LogP contribution in [0.4, 0.5) is 13.2 Å². The van der Waals surface area contributed by atoms with Gasteiger partial charge in [0.15, 0.2) is 0 Å². The molecule has 0 saturated carbocycles. The summed E-state index contributed by atoms with van der Waals surface area (Å²) in [5.41, 5.74) is -5.93. The summed E-state index contributed by atoms with van der Waals surface area (Å²) in [5, 5.41) is 0. The summed E-state index contributed by atoms with van der Waals surface area (Å²) in [6.07, 6.45) is 0. The smallest absolute Gasteiger partial charge is 0.370 e. The van der Waals surface area contributed by atoms with Crippen LogP contribution in [0.3, 0.4) is 0 Å². The first-order chi connectivity index (χ1) is 9.56. The van der Waals surface area contributed by atoms with Gasteiger partial charge in [-0.1, -0.05) is 24.3 Å². The van der Waals surface area contributed by atoms with Gasteiger partial charge in [-0.3, -0.25) is 9.59 Å². The number of carbonyl (C=O) groups excluding carboxylic acids is 2. The van der Waals surface area contributed by atoms with Crippen molar-refractivity contribution in [3.63, 3.8) is 0 Å². The highest BCUT2D eigenvalue weighted by atomic mass is 127. The SMILES string of the molecule is O=C1C(I)=C(OS(=O)(=O)C(F)(F)F)C(=O)c2ccccc21. The summed E-state index contributed by atoms with van der Waals surface area (Å²) in [6.45, 7) is 0. The lowest BCUT2D eigenvalue weighted by molar-refractivity contribution is -0.0520. The van der Waals surface area contributed by atoms with Gasteiger partial charge in [0, 0.05) is 11.1 Å². The van der Waals surface area contributed by atoms with Gasteiger partial charge in [0.05, 0.1) is 0 Å². The minimum atomic E-state index is -6.02. The number of benzene rings is 1. The lowest BCUT2D eigenvalue weighted by Crippen LogP contribution is -2.29. The van der Waals surface area contributed by atoms with Crippen LogP contribution in [0.1, 0.15) is 20.7 Å². The van der Waals surface area contributed by atoms with E-state index < -0.39 is 36.5 Å². The maximum absolute atomic E-state index is 12.3. The van der Waals surface area contributed by atoms with E-state index in [0.29, 0.717) is 0 Å². The van der Waals surface area contributed by atoms with E-state index in [1.807, 2.05) is 0 Å². The standard InChI is InChI=1S/C11H4F3IO5S/c12-11(13,14)21(18,19)20-10-7(15)8(16)5-3-1-2-4-6(5)9(10)17/h1-4H. The molecule has 0 amide bonds. The monoisotopic (exact) mass is 432 g/mol. The Bertz CT molecular complexity index is 779. The molecule has 0 bridgehead atoms. The van der Waals surface area contributed by atoms with Gasteiger partial charge >= 0.3 is 15.6 Å². The van der Waals surface area contributed by atoms with Crippen LogP contribution in [0.5, 0.6) is 0 Å². The van der Waals surface area contributed by atoms with Crippen LogP contribution in [0, 0.1) is 0 Å². The molecule has 1 aromatic rings. The number of allylic oxidation sites excluding steroid dienone is 2. The zero-order valence-electron chi connectivity index (χ0n) is 9.77. The molecule has 1 aliphatic carbocycles. The average molecular weight is 432 g/mol. The molecule has 0 saturated heterocycles. The molecule has 0 N–H and O–H groups in total. The zero-order chi connectivity index (χ0) is 16.0. The molecule has 2 rings (SSSR count). The number of Topliss-reactive ketones (excluding diaryl/α,β-unsaturated/α-hetero) is 2. The second-order valence-corrected chi connectivity index (χ2v) is 6.45. The van der Waals surface area contributed by atoms with Crippen LogP contribution >= 0.6 is 22.6 Å². The number of fused-ring (bicyclic) bond motifs is 1. The van der Waals surface area contributed by atoms with E-state index in [9.17, 15) is 31.2 Å². The van der Waals surface area contributed by atoms with Crippen molar-refractivity contribution < 1.29 is 35.4 Å². The van der Waals surface area contributed by atoms with Crippen molar-refractivity contribution in [3.8, 4) is 0 Å². The second-order valence-electron chi connectivity index (χ2n) is 3.83. The Labute approximate surface area is 130 Å². The molecule has 0 unspecified atom stereocenters. The summed E-state index contributed by atoms with van der Waals surface area (Å²) in [6, 6.07) is 5.36. The maximum Gasteiger partial charge on any atom is 0.534 e. The molecule has 0 aliphatic heterocycles. The van der Waals surface area contributed by atoms with Gasteiger partial charge in [-0.2, -0.15) is 21.6 Å². The fourth-order valence-corrected chi connectivity index (χ4v) is 2.82. The lowest BCUT2D eigenvalue weighted by Gasteiger charge is -2.18. The third kappa shape index (κ3) is 2.69. The minimum Gasteiger partial charge on any atom is -0.370 e. The molecule has 112 valence electrons. The van der Waals surface area contributed by atoms with Gasteiger partial charge in [0.1, 0.15) is 3.58 Å². The molecule has 5 nitrogen and oxygen atoms in total. The van der Waals surface area contributed by atoms with E-state index in [0.717, 1.165) is 0 Å². The molecule has 0 fully saturated rings. The predicted molar refractivity (Wildman–Crippen MR) is 72.2 cm³/mol. The van der Waals surface area contributed by atoms with Gasteiger partial charge < -0.3 is 4.18 Å². The quantitative estimate of drug-likeness (QED) is 0.408. The lowest BCUT2D eigenvalue weighted by atomic mass is 9.94. The Morgan fingerprint density at radius 2 is 1.48 bits per heavy atom. The summed E-state index contributed by atoms with van der Waals surface area (Å²) in [7, 11) is -6.02. The molecule has 10 heteroatoms. The van der Waals surface area contributed by atoms with Gasteiger partial charge in [-0.15, -0.1) is 0 Å². The minimum absolute atomic E-state index is 0.0244. The summed E-state index contributed by atoms with van der Waals surface area (Å²) in [5.74, 6) is -3.02. The van der Waals surface area contributed by atoms with E-state index in [2.05, 4.69) is 4.18 Å². The normalized spacial score (nSPS) is 16.0. The van der Waals surface area contributed by atoms with Crippen molar-refractivity contribution >= 4 is 44.3 Å². The second kappa shape index (κ2) is 5.09. The Hall–Kier alpha value is -1.43. The van der Waals surface area contributed by atoms with E-state index in [1.54, 1.807) is 0 Å². The van der Waals surface area contributed by atoms with Crippen molar-refractivity contribution in [2.75, 3.05) is 0 Å². The average Bonchev–Trinajstić information content (AvgIpc) is 2.40. The summed E-state index contributed by atoms with van der Waals surface area (Å²) >= 11 is 1.28. The zero-order valence-corrected chi connectivity index (χ0v) is 12.7. The molecule has 1 aromatic carbocycles. The largest absolute Gasteiger partial charge is 0.534 e. The highest BCUT2D eigenvalue weighted by molar-refractivity contribution is 14.1. The van der Waals surface area contributed by atoms with Crippen molar-refractivity contribution in [1.82, 2.24) is 0 Å². The van der Waals surface area contributed by atoms with Crippen LogP contribution in [0.2, 0.25) is 0 Å². The number of hydrogen-bond acceptors (Lipinski definition) is 5. The van der Waals surface area contributed by atoms with Gasteiger partial charge in [0.2, 0.25) is 17.3 Å². The number of halogens is 4. The number of ketones is 2. The summed E-state index contributed by atoms with van der Waals surface area (Å²) in [4.78, 5) is 23.9. The van der Waals surface area contributed by atoms with Crippen LogP contribution in [-0.4, -0.2) is 25.5 Å². The molecular formula is C11H4F3IO5S. The fraction of sp³-hybridized carbons (Fsp3) is 0.0909. The molecule has 21 heavy (non-hydrogen) atoms. The van der Waals surface area contributed by atoms with Crippen molar-refractivity contribution in [2.24, 2.45) is 0 Å². The number of alkyl halides is 3. The van der Waals surface area contributed by atoms with E-state index in [-0.39, 0.29) is 11.1 Å². The Morgan fingerprint density at radius 3 is 1.95 bits per heavy atom. The molecule has 0 radical (unpaired) electrons. The van der Waals surface area contributed by atoms with Crippen LogP contribution < -0.4 is 0 Å². The highest BCUT2D eigenvalue weighted by Gasteiger charge is 2.50. The molecule has 0 spiro atoms. The molecule has 0 atom stereocenters. The summed E-state index contributed by atoms with van der Waals surface area (Å²) < 4.78 is 62.2. The first-order valence-electron chi connectivity index (χ1n) is 5.15. The number of rotatable bonds is 2. The van der Waals surface area contributed by atoms with E-state index >= 15 is 0 Å². The molecule has 0 aromatic heterocycles. The topological polar surface area (TPSA) is 77.5 Å². The first-order valence-corrected chi connectivity index (χ1v) is 7.64. The van der Waals surface area contributed by atoms with Crippen molar-refractivity contribution in [2.45, 2.75) is 5.51 Å². The third-order valence-electron chi connectivity index (χ3n) is 2.50. The Kier molecular flexibility index (Phi) is 3.86. The maximum atomic E-state index is 12.3. The van der Waals surface area contributed by atoms with E-state index in [1.165, 1.54) is 46.9 Å². The van der Waals surface area contributed by atoms with Crippen molar-refractivity contribution in [1.29, 1.82) is 0 Å². The van der Waals surface area contributed by atoms with Crippen LogP contribution in [0.15, 0.2) is 33.6 Å². The van der Waals surface area contributed by atoms with Crippen LogP contribution in [-0.2, 0) is 14.3 Å². The van der Waals surface area contributed by atoms with Crippen molar-refractivity contribution in [3.05, 3.63) is 44.7 Å². The Morgan fingerprint density at radius 1 is 1.00 bits per heavy atom. The first kappa shape index (κ1) is 15.9.